The third-order valence-electron chi connectivity index (χ3n) is 9.69. The third kappa shape index (κ3) is 5.38. The average Bonchev–Trinajstić information content (AvgIpc) is 3.39. The molecule has 3 heterocycles. The van der Waals surface area contributed by atoms with Crippen LogP contribution in [0.3, 0.4) is 0 Å². The first-order valence-electron chi connectivity index (χ1n) is 16.9. The van der Waals surface area contributed by atoms with Crippen LogP contribution in [0.25, 0.3) is 21.5 Å². The number of rotatable bonds is 5. The average molecular weight is 678 g/mol. The van der Waals surface area contributed by atoms with Gasteiger partial charge in [-0.15, -0.1) is 0 Å². The maximum absolute atomic E-state index is 13.0. The predicted octanol–water partition coefficient (Wildman–Crippen LogP) is 7.78. The quantitative estimate of drug-likeness (QED) is 0.0790. The van der Waals surface area contributed by atoms with Gasteiger partial charge in [0.1, 0.15) is 26.4 Å². The van der Waals surface area contributed by atoms with E-state index in [0.717, 1.165) is 55.3 Å². The molecule has 3 aliphatic rings. The van der Waals surface area contributed by atoms with E-state index in [2.05, 4.69) is 36.4 Å². The fourth-order valence-corrected chi connectivity index (χ4v) is 7.08. The van der Waals surface area contributed by atoms with Crippen LogP contribution in [0.5, 0.6) is 23.0 Å². The van der Waals surface area contributed by atoms with E-state index < -0.39 is 5.97 Å². The topological polar surface area (TPSA) is 101 Å². The molecule has 51 heavy (non-hydrogen) atoms. The van der Waals surface area contributed by atoms with E-state index in [1.807, 2.05) is 24.3 Å². The van der Waals surface area contributed by atoms with Gasteiger partial charge in [0.15, 0.2) is 23.0 Å². The Labute approximate surface area is 292 Å². The monoisotopic (exact) mass is 677 g/mol. The van der Waals surface area contributed by atoms with Crippen LogP contribution >= 0.6 is 0 Å². The van der Waals surface area contributed by atoms with Gasteiger partial charge >= 0.3 is 5.97 Å². The summed E-state index contributed by atoms with van der Waals surface area (Å²) in [6, 6.07) is 32.3. The van der Waals surface area contributed by atoms with E-state index in [4.69, 9.17) is 23.7 Å². The molecule has 9 rings (SSSR count). The molecule has 9 nitrogen and oxygen atoms in total. The Morgan fingerprint density at radius 1 is 0.569 bits per heavy atom. The van der Waals surface area contributed by atoms with Crippen molar-refractivity contribution in [3.05, 3.63) is 142 Å². The van der Waals surface area contributed by atoms with Gasteiger partial charge in [0, 0.05) is 17.3 Å². The second-order valence-corrected chi connectivity index (χ2v) is 12.8. The number of benzene rings is 6. The largest absolute Gasteiger partial charge is 0.485 e. The highest BCUT2D eigenvalue weighted by molar-refractivity contribution is 6.21. The lowest BCUT2D eigenvalue weighted by Gasteiger charge is -2.25. The highest BCUT2D eigenvalue weighted by Crippen LogP contribution is 2.45. The lowest BCUT2D eigenvalue weighted by atomic mass is 9.97. The van der Waals surface area contributed by atoms with Crippen LogP contribution in [-0.4, -0.2) is 35.8 Å². The maximum atomic E-state index is 13.0. The van der Waals surface area contributed by atoms with E-state index >= 15 is 0 Å². The fraction of sp³-hybridized carbons (Fsp3) is 0.167. The van der Waals surface area contributed by atoms with Crippen LogP contribution in [0.1, 0.15) is 59.7 Å². The van der Waals surface area contributed by atoms with Gasteiger partial charge in [0.2, 0.25) is 0 Å². The Morgan fingerprint density at radius 3 is 1.63 bits per heavy atom. The van der Waals surface area contributed by atoms with E-state index in [-0.39, 0.29) is 31.6 Å². The van der Waals surface area contributed by atoms with E-state index in [9.17, 15) is 14.4 Å². The van der Waals surface area contributed by atoms with Crippen LogP contribution in [0.15, 0.2) is 103 Å². The second-order valence-electron chi connectivity index (χ2n) is 12.8. The molecule has 0 atom stereocenters. The summed E-state index contributed by atoms with van der Waals surface area (Å²) in [5.74, 6) is 1.22. The van der Waals surface area contributed by atoms with Crippen molar-refractivity contribution in [1.29, 1.82) is 0 Å². The minimum atomic E-state index is -0.537. The van der Waals surface area contributed by atoms with Crippen LogP contribution < -0.4 is 18.9 Å². The van der Waals surface area contributed by atoms with Gasteiger partial charge in [-0.3, -0.25) is 14.5 Å². The predicted molar refractivity (Wildman–Crippen MR) is 188 cm³/mol. The molecule has 0 unspecified atom stereocenters. The van der Waals surface area contributed by atoms with E-state index in [1.165, 1.54) is 4.90 Å². The van der Waals surface area contributed by atoms with Gasteiger partial charge in [0.05, 0.1) is 23.3 Å². The Hall–Kier alpha value is -6.35. The summed E-state index contributed by atoms with van der Waals surface area (Å²) >= 11 is 0. The van der Waals surface area contributed by atoms with Crippen molar-refractivity contribution in [2.75, 3.05) is 13.2 Å². The number of amides is 2. The molecule has 0 aliphatic carbocycles. The highest BCUT2D eigenvalue weighted by atomic mass is 16.5. The van der Waals surface area contributed by atoms with E-state index in [1.54, 1.807) is 42.5 Å². The molecule has 0 spiro atoms. The van der Waals surface area contributed by atoms with Gasteiger partial charge in [0.25, 0.3) is 11.8 Å². The van der Waals surface area contributed by atoms with Crippen LogP contribution in [-0.2, 0) is 31.2 Å². The molecule has 2 amide bonds. The Morgan fingerprint density at radius 2 is 1.06 bits per heavy atom. The van der Waals surface area contributed by atoms with E-state index in [0.29, 0.717) is 54.4 Å². The van der Waals surface area contributed by atoms with Crippen molar-refractivity contribution in [2.45, 2.75) is 32.8 Å². The minimum absolute atomic E-state index is 0.0431. The van der Waals surface area contributed by atoms with Crippen molar-refractivity contribution in [1.82, 2.24) is 4.90 Å². The Kier molecular flexibility index (Phi) is 7.53. The molecule has 9 heteroatoms. The number of ether oxygens (including phenoxy) is 5. The van der Waals surface area contributed by atoms with Crippen LogP contribution in [0.4, 0.5) is 0 Å². The zero-order valence-corrected chi connectivity index (χ0v) is 27.5. The molecule has 0 radical (unpaired) electrons. The number of hydrogen-bond acceptors (Lipinski definition) is 8. The molecule has 3 aliphatic heterocycles. The lowest BCUT2D eigenvalue weighted by molar-refractivity contribution is 0.0481. The molecule has 0 N–H and O–H groups in total. The number of esters is 1. The Bertz CT molecular complexity index is 2380. The van der Waals surface area contributed by atoms with Gasteiger partial charge in [-0.1, -0.05) is 60.7 Å². The molecule has 0 saturated heterocycles. The standard InChI is InChI=1S/C42H31NO8/c44-40-34-12-5-6-13-35(34)41(45)43(40)16-7-17-47-42(46)25-14-15-36-37(20-25)49-22-27-19-29-24-51-39-33-11-4-2-9-31(33)30-8-1-3-10-32(30)38(39)50-23-28(29)18-26(27)21-48-36/h1-6,8-15,18-20H,7,16-17,21-24H2. The molecule has 6 aromatic rings. The van der Waals surface area contributed by atoms with Crippen molar-refractivity contribution in [3.8, 4) is 23.0 Å². The number of nitrogens with zero attached hydrogens (tertiary/aromatic N) is 1. The number of hydrogen-bond donors (Lipinski definition) is 0. The first-order valence-corrected chi connectivity index (χ1v) is 16.9. The maximum Gasteiger partial charge on any atom is 0.338 e. The van der Waals surface area contributed by atoms with Gasteiger partial charge in [-0.05, 0) is 81.9 Å². The summed E-state index contributed by atoms with van der Waals surface area (Å²) < 4.78 is 30.9. The van der Waals surface area contributed by atoms with Gasteiger partial charge in [-0.25, -0.2) is 4.79 Å². The third-order valence-corrected chi connectivity index (χ3v) is 9.69. The number of fused-ring (bicyclic) bond motifs is 10. The zero-order valence-electron chi connectivity index (χ0n) is 27.5. The number of imide groups is 1. The summed E-state index contributed by atoms with van der Waals surface area (Å²) in [4.78, 5) is 39.4. The zero-order chi connectivity index (χ0) is 34.5. The Balaban J connectivity index is 0.881. The minimum Gasteiger partial charge on any atom is -0.485 e. The first kappa shape index (κ1) is 30.7. The summed E-state index contributed by atoms with van der Waals surface area (Å²) in [7, 11) is 0. The first-order chi connectivity index (χ1) is 25.0. The summed E-state index contributed by atoms with van der Waals surface area (Å²) in [6.45, 7) is 1.52. The molecule has 252 valence electrons. The summed E-state index contributed by atoms with van der Waals surface area (Å²) in [6.07, 6.45) is 0.315. The highest BCUT2D eigenvalue weighted by Gasteiger charge is 2.34. The molecule has 0 saturated carbocycles. The molecule has 0 bridgehead atoms. The van der Waals surface area contributed by atoms with Gasteiger partial charge < -0.3 is 23.7 Å². The molecule has 0 fully saturated rings. The number of carbonyl (C=O) groups is 3. The molecular weight excluding hydrogens is 646 g/mol. The normalized spacial score (nSPS) is 14.5. The van der Waals surface area contributed by atoms with Crippen molar-refractivity contribution in [2.24, 2.45) is 0 Å². The summed E-state index contributed by atoms with van der Waals surface area (Å²) in [5, 5.41) is 4.25. The SMILES string of the molecule is O=C(OCCCN1C(=O)c2ccccc2C1=O)c1ccc2c(c1)OCc1cc3c(cc1CO2)COc1c(c2ccccc2c2ccccc12)OC3. The molecule has 0 aromatic heterocycles. The van der Waals surface area contributed by atoms with Gasteiger partial charge in [-0.2, -0.15) is 0 Å². The fourth-order valence-electron chi connectivity index (χ4n) is 7.08. The summed E-state index contributed by atoms with van der Waals surface area (Å²) in [5.41, 5.74) is 5.04. The second kappa shape index (κ2) is 12.5. The van der Waals surface area contributed by atoms with Crippen molar-refractivity contribution < 1.29 is 38.1 Å². The van der Waals surface area contributed by atoms with Crippen LogP contribution in [0, 0.1) is 0 Å². The van der Waals surface area contributed by atoms with Crippen LogP contribution in [0.2, 0.25) is 0 Å². The van der Waals surface area contributed by atoms with Crippen molar-refractivity contribution >= 4 is 39.3 Å². The molecule has 6 aromatic carbocycles. The lowest BCUT2D eigenvalue weighted by Crippen LogP contribution is -2.31. The van der Waals surface area contributed by atoms with Crippen molar-refractivity contribution in [3.63, 3.8) is 0 Å². The molecular formula is C42H31NO8. The number of carbonyl (C=O) groups excluding carboxylic acids is 3. The smallest absolute Gasteiger partial charge is 0.338 e.